The lowest BCUT2D eigenvalue weighted by Crippen LogP contribution is -2.40. The van der Waals surface area contributed by atoms with Gasteiger partial charge in [-0.3, -0.25) is 4.79 Å². The van der Waals surface area contributed by atoms with Crippen LogP contribution in [0.5, 0.6) is 5.75 Å². The molecule has 1 N–H and O–H groups in total. The number of hydrogen-bond donors (Lipinski definition) is 1. The lowest BCUT2D eigenvalue weighted by molar-refractivity contribution is -0.135. The maximum Gasteiger partial charge on any atom is 0.260 e. The molecule has 4 nitrogen and oxygen atoms in total. The van der Waals surface area contributed by atoms with E-state index in [1.807, 2.05) is 26.0 Å². The van der Waals surface area contributed by atoms with E-state index in [1.165, 1.54) is 0 Å². The van der Waals surface area contributed by atoms with Crippen LogP contribution in [0.25, 0.3) is 0 Å². The van der Waals surface area contributed by atoms with Gasteiger partial charge in [0.25, 0.3) is 12.3 Å². The Kier molecular flexibility index (Phi) is 6.38. The first-order valence-corrected chi connectivity index (χ1v) is 6.31. The number of ether oxygens (including phenoxy) is 1. The van der Waals surface area contributed by atoms with Crippen molar-refractivity contribution >= 4 is 5.91 Å². The fourth-order valence-electron chi connectivity index (χ4n) is 1.80. The molecule has 0 saturated heterocycles. The second-order valence-electron chi connectivity index (χ2n) is 4.51. The normalized spacial score (nSPS) is 10.7. The number of halogens is 2. The van der Waals surface area contributed by atoms with Crippen LogP contribution in [0.15, 0.2) is 18.2 Å². The van der Waals surface area contributed by atoms with Crippen molar-refractivity contribution in [3.05, 3.63) is 29.3 Å². The summed E-state index contributed by atoms with van der Waals surface area (Å²) in [5, 5.41) is 8.78. The summed E-state index contributed by atoms with van der Waals surface area (Å²) < 4.78 is 30.0. The molecule has 6 heteroatoms. The summed E-state index contributed by atoms with van der Waals surface area (Å²) in [6, 6.07) is 5.49. The molecule has 1 aromatic carbocycles. The molecule has 0 aromatic heterocycles. The van der Waals surface area contributed by atoms with Gasteiger partial charge in [0.15, 0.2) is 6.61 Å². The number of carbonyl (C=O) groups is 1. The number of aliphatic hydroxyl groups is 1. The van der Waals surface area contributed by atoms with Crippen LogP contribution in [0, 0.1) is 13.8 Å². The molecule has 1 aromatic rings. The number of aryl methyl sites for hydroxylation is 2. The van der Waals surface area contributed by atoms with Gasteiger partial charge in [-0.25, -0.2) is 8.78 Å². The van der Waals surface area contributed by atoms with Crippen molar-refractivity contribution in [2.24, 2.45) is 0 Å². The predicted octanol–water partition coefficient (Wildman–Crippen LogP) is 1.77. The Morgan fingerprint density at radius 1 is 1.40 bits per heavy atom. The maximum absolute atomic E-state index is 12.3. The van der Waals surface area contributed by atoms with Crippen LogP contribution in [-0.4, -0.2) is 48.6 Å². The van der Waals surface area contributed by atoms with Crippen LogP contribution in [0.2, 0.25) is 0 Å². The molecule has 0 bridgehead atoms. The highest BCUT2D eigenvalue weighted by molar-refractivity contribution is 5.77. The van der Waals surface area contributed by atoms with Gasteiger partial charge in [-0.05, 0) is 25.5 Å². The van der Waals surface area contributed by atoms with Gasteiger partial charge in [0.2, 0.25) is 0 Å². The number of benzene rings is 1. The molecule has 1 rings (SSSR count). The number of nitrogens with zero attached hydrogens (tertiary/aromatic N) is 1. The number of carbonyl (C=O) groups excluding carboxylic acids is 1. The van der Waals surface area contributed by atoms with Gasteiger partial charge in [-0.1, -0.05) is 17.7 Å². The highest BCUT2D eigenvalue weighted by Crippen LogP contribution is 2.18. The molecule has 0 aliphatic carbocycles. The van der Waals surface area contributed by atoms with Crippen LogP contribution < -0.4 is 4.74 Å². The Balaban J connectivity index is 2.59. The Labute approximate surface area is 117 Å². The molecule has 0 heterocycles. The van der Waals surface area contributed by atoms with Crippen molar-refractivity contribution in [3.63, 3.8) is 0 Å². The van der Waals surface area contributed by atoms with Crippen molar-refractivity contribution in [1.29, 1.82) is 0 Å². The molecule has 0 spiro atoms. The molecule has 0 unspecified atom stereocenters. The van der Waals surface area contributed by atoms with E-state index < -0.39 is 18.9 Å². The van der Waals surface area contributed by atoms with E-state index in [1.54, 1.807) is 6.07 Å². The molecule has 0 aliphatic heterocycles. The van der Waals surface area contributed by atoms with E-state index >= 15 is 0 Å². The Hall–Kier alpha value is -1.69. The summed E-state index contributed by atoms with van der Waals surface area (Å²) in [7, 11) is 0. The quantitative estimate of drug-likeness (QED) is 0.831. The van der Waals surface area contributed by atoms with Gasteiger partial charge in [0, 0.05) is 6.54 Å². The number of amides is 1. The van der Waals surface area contributed by atoms with Crippen LogP contribution in [0.1, 0.15) is 11.1 Å². The third-order valence-corrected chi connectivity index (χ3v) is 2.76. The summed E-state index contributed by atoms with van der Waals surface area (Å²) in [5.41, 5.74) is 1.95. The lowest BCUT2D eigenvalue weighted by atomic mass is 10.1. The second-order valence-corrected chi connectivity index (χ2v) is 4.51. The molecule has 0 aliphatic rings. The van der Waals surface area contributed by atoms with Crippen molar-refractivity contribution in [3.8, 4) is 5.75 Å². The summed E-state index contributed by atoms with van der Waals surface area (Å²) in [4.78, 5) is 12.7. The summed E-state index contributed by atoms with van der Waals surface area (Å²) in [6.45, 7) is 2.28. The monoisotopic (exact) mass is 287 g/mol. The molecule has 0 atom stereocenters. The Bertz CT molecular complexity index is 452. The van der Waals surface area contributed by atoms with Gasteiger partial charge in [0.1, 0.15) is 5.75 Å². The largest absolute Gasteiger partial charge is 0.484 e. The Morgan fingerprint density at radius 2 is 2.10 bits per heavy atom. The van der Waals surface area contributed by atoms with Crippen molar-refractivity contribution in [2.45, 2.75) is 20.3 Å². The minimum atomic E-state index is -2.63. The maximum atomic E-state index is 12.3. The molecule has 0 saturated carbocycles. The number of alkyl halides is 2. The fourth-order valence-corrected chi connectivity index (χ4v) is 1.80. The summed E-state index contributed by atoms with van der Waals surface area (Å²) in [5.74, 6) is -0.0238. The topological polar surface area (TPSA) is 49.8 Å². The highest BCUT2D eigenvalue weighted by Gasteiger charge is 2.18. The zero-order valence-electron chi connectivity index (χ0n) is 11.6. The van der Waals surface area contributed by atoms with E-state index in [0.717, 1.165) is 16.0 Å². The Morgan fingerprint density at radius 3 is 2.65 bits per heavy atom. The standard InChI is InChI=1S/C14H19F2NO3/c1-10-3-4-12(11(2)7-10)20-9-14(19)17(5-6-18)8-13(15)16/h3-4,7,13,18H,5-6,8-9H2,1-2H3. The first kappa shape index (κ1) is 16.4. The number of rotatable bonds is 7. The summed E-state index contributed by atoms with van der Waals surface area (Å²) >= 11 is 0. The van der Waals surface area contributed by atoms with Gasteiger partial charge in [-0.2, -0.15) is 0 Å². The lowest BCUT2D eigenvalue weighted by Gasteiger charge is -2.21. The predicted molar refractivity (Wildman–Crippen MR) is 71.1 cm³/mol. The van der Waals surface area contributed by atoms with E-state index in [4.69, 9.17) is 9.84 Å². The third kappa shape index (κ3) is 5.13. The van der Waals surface area contributed by atoms with Gasteiger partial charge < -0.3 is 14.7 Å². The zero-order chi connectivity index (χ0) is 15.1. The molecule has 112 valence electrons. The average molecular weight is 287 g/mol. The molecule has 0 fully saturated rings. The fraction of sp³-hybridized carbons (Fsp3) is 0.500. The number of aliphatic hydroxyl groups excluding tert-OH is 1. The van der Waals surface area contributed by atoms with Gasteiger partial charge in [-0.15, -0.1) is 0 Å². The van der Waals surface area contributed by atoms with Crippen LogP contribution in [0.4, 0.5) is 8.78 Å². The molecule has 1 amide bonds. The third-order valence-electron chi connectivity index (χ3n) is 2.76. The minimum Gasteiger partial charge on any atom is -0.484 e. The zero-order valence-corrected chi connectivity index (χ0v) is 11.6. The van der Waals surface area contributed by atoms with E-state index in [0.29, 0.717) is 5.75 Å². The number of hydrogen-bond acceptors (Lipinski definition) is 3. The van der Waals surface area contributed by atoms with Gasteiger partial charge >= 0.3 is 0 Å². The van der Waals surface area contributed by atoms with Crippen LogP contribution in [0.3, 0.4) is 0 Å². The second kappa shape index (κ2) is 7.79. The molecular weight excluding hydrogens is 268 g/mol. The minimum absolute atomic E-state index is 0.126. The first-order chi connectivity index (χ1) is 9.43. The van der Waals surface area contributed by atoms with E-state index in [2.05, 4.69) is 0 Å². The SMILES string of the molecule is Cc1ccc(OCC(=O)N(CCO)CC(F)F)c(C)c1. The van der Waals surface area contributed by atoms with Crippen molar-refractivity contribution in [2.75, 3.05) is 26.3 Å². The average Bonchev–Trinajstić information content (AvgIpc) is 2.36. The van der Waals surface area contributed by atoms with Crippen molar-refractivity contribution in [1.82, 2.24) is 4.90 Å². The van der Waals surface area contributed by atoms with Crippen LogP contribution >= 0.6 is 0 Å². The van der Waals surface area contributed by atoms with E-state index in [9.17, 15) is 13.6 Å². The molecular formula is C14H19F2NO3. The molecule has 20 heavy (non-hydrogen) atoms. The smallest absolute Gasteiger partial charge is 0.260 e. The van der Waals surface area contributed by atoms with Gasteiger partial charge in [0.05, 0.1) is 13.2 Å². The van der Waals surface area contributed by atoms with E-state index in [-0.39, 0.29) is 19.8 Å². The highest BCUT2D eigenvalue weighted by atomic mass is 19.3. The molecule has 0 radical (unpaired) electrons. The van der Waals surface area contributed by atoms with Crippen molar-refractivity contribution < 1.29 is 23.4 Å². The summed E-state index contributed by atoms with van der Waals surface area (Å²) in [6.07, 6.45) is -2.63. The van der Waals surface area contributed by atoms with Crippen LogP contribution in [-0.2, 0) is 4.79 Å². The first-order valence-electron chi connectivity index (χ1n) is 6.31.